The molecule has 0 saturated carbocycles. The monoisotopic (exact) mass is 411 g/mol. The molecule has 0 aliphatic carbocycles. The molecule has 2 rings (SSSR count). The Balaban J connectivity index is 2.13. The third-order valence-corrected chi connectivity index (χ3v) is 4.08. The van der Waals surface area contributed by atoms with Gasteiger partial charge in [-0.1, -0.05) is 6.07 Å². The minimum atomic E-state index is -0.133. The van der Waals surface area contributed by atoms with Crippen molar-refractivity contribution in [2.45, 2.75) is 13.0 Å². The second kappa shape index (κ2) is 7.49. The summed E-state index contributed by atoms with van der Waals surface area (Å²) in [4.78, 5) is 12.2. The minimum Gasteiger partial charge on any atom is -0.493 e. The van der Waals surface area contributed by atoms with Gasteiger partial charge >= 0.3 is 0 Å². The maximum atomic E-state index is 12.2. The fourth-order valence-electron chi connectivity index (χ4n) is 2.09. The standard InChI is InChI=1S/C17H18INO3/c1-11(13-6-9-15(21-2)16(10-13)22-3)19-17(20)12-4-7-14(18)8-5-12/h4-11H,1-3H3,(H,19,20)/t11-/m1/s1. The van der Waals surface area contributed by atoms with E-state index < -0.39 is 0 Å². The predicted molar refractivity (Wildman–Crippen MR) is 94.6 cm³/mol. The number of hydrogen-bond acceptors (Lipinski definition) is 3. The summed E-state index contributed by atoms with van der Waals surface area (Å²) in [5.74, 6) is 1.22. The Kier molecular flexibility index (Phi) is 5.65. The number of ether oxygens (including phenoxy) is 2. The fraction of sp³-hybridized carbons (Fsp3) is 0.235. The van der Waals surface area contributed by atoms with Crippen molar-refractivity contribution >= 4 is 28.5 Å². The fourth-order valence-corrected chi connectivity index (χ4v) is 2.45. The Bertz CT molecular complexity index is 655. The molecule has 0 spiro atoms. The van der Waals surface area contributed by atoms with Gasteiger partial charge in [-0.05, 0) is 71.5 Å². The van der Waals surface area contributed by atoms with E-state index in [4.69, 9.17) is 9.47 Å². The van der Waals surface area contributed by atoms with E-state index in [-0.39, 0.29) is 11.9 Å². The molecule has 2 aromatic rings. The van der Waals surface area contributed by atoms with Gasteiger partial charge in [-0.25, -0.2) is 0 Å². The Morgan fingerprint density at radius 2 is 1.68 bits per heavy atom. The lowest BCUT2D eigenvalue weighted by Crippen LogP contribution is -2.26. The average molecular weight is 411 g/mol. The van der Waals surface area contributed by atoms with Crippen molar-refractivity contribution in [2.75, 3.05) is 14.2 Å². The maximum Gasteiger partial charge on any atom is 0.251 e. The van der Waals surface area contributed by atoms with E-state index in [2.05, 4.69) is 27.9 Å². The number of methoxy groups -OCH3 is 2. The number of benzene rings is 2. The van der Waals surface area contributed by atoms with Gasteiger partial charge < -0.3 is 14.8 Å². The molecule has 0 saturated heterocycles. The van der Waals surface area contributed by atoms with Gasteiger partial charge in [-0.3, -0.25) is 4.79 Å². The lowest BCUT2D eigenvalue weighted by atomic mass is 10.1. The van der Waals surface area contributed by atoms with E-state index in [9.17, 15) is 4.79 Å². The normalized spacial score (nSPS) is 11.6. The molecule has 0 aliphatic heterocycles. The molecule has 5 heteroatoms. The Hall–Kier alpha value is -1.76. The van der Waals surface area contributed by atoms with Crippen molar-refractivity contribution in [1.29, 1.82) is 0 Å². The molecule has 0 aromatic heterocycles. The van der Waals surface area contributed by atoms with Crippen LogP contribution in [0.4, 0.5) is 0 Å². The average Bonchev–Trinajstić information content (AvgIpc) is 2.54. The smallest absolute Gasteiger partial charge is 0.251 e. The molecule has 0 radical (unpaired) electrons. The second-order valence-electron chi connectivity index (χ2n) is 4.82. The number of halogens is 1. The molecular weight excluding hydrogens is 393 g/mol. The van der Waals surface area contributed by atoms with Crippen LogP contribution in [0.2, 0.25) is 0 Å². The first-order chi connectivity index (χ1) is 10.5. The van der Waals surface area contributed by atoms with Crippen molar-refractivity contribution in [1.82, 2.24) is 5.32 Å². The van der Waals surface area contributed by atoms with Gasteiger partial charge in [0, 0.05) is 9.13 Å². The molecule has 0 bridgehead atoms. The first kappa shape index (κ1) is 16.6. The van der Waals surface area contributed by atoms with Gasteiger partial charge in [0.25, 0.3) is 5.91 Å². The van der Waals surface area contributed by atoms with Crippen LogP contribution < -0.4 is 14.8 Å². The first-order valence-corrected chi connectivity index (χ1v) is 7.91. The quantitative estimate of drug-likeness (QED) is 0.762. The van der Waals surface area contributed by atoms with Crippen molar-refractivity contribution in [2.24, 2.45) is 0 Å². The Labute approximate surface area is 144 Å². The molecule has 4 nitrogen and oxygen atoms in total. The number of rotatable bonds is 5. The lowest BCUT2D eigenvalue weighted by molar-refractivity contribution is 0.0940. The van der Waals surface area contributed by atoms with Crippen molar-refractivity contribution in [3.05, 3.63) is 57.2 Å². The van der Waals surface area contributed by atoms with Crippen LogP contribution in [0.5, 0.6) is 11.5 Å². The highest BCUT2D eigenvalue weighted by atomic mass is 127. The lowest BCUT2D eigenvalue weighted by Gasteiger charge is -2.16. The van der Waals surface area contributed by atoms with Gasteiger partial charge in [0.05, 0.1) is 20.3 Å². The van der Waals surface area contributed by atoms with Crippen molar-refractivity contribution < 1.29 is 14.3 Å². The van der Waals surface area contributed by atoms with Crippen LogP contribution in [0.25, 0.3) is 0 Å². The summed E-state index contributed by atoms with van der Waals surface area (Å²) < 4.78 is 11.6. The third-order valence-electron chi connectivity index (χ3n) is 3.36. The molecule has 1 N–H and O–H groups in total. The summed E-state index contributed by atoms with van der Waals surface area (Å²) in [5, 5.41) is 2.98. The van der Waals surface area contributed by atoms with Crippen LogP contribution in [0, 0.1) is 3.57 Å². The molecule has 1 atom stereocenters. The third kappa shape index (κ3) is 3.91. The largest absolute Gasteiger partial charge is 0.493 e. The predicted octanol–water partition coefficient (Wildman–Crippen LogP) is 3.80. The van der Waals surface area contributed by atoms with Crippen LogP contribution in [0.15, 0.2) is 42.5 Å². The van der Waals surface area contributed by atoms with Gasteiger partial charge in [-0.15, -0.1) is 0 Å². The zero-order chi connectivity index (χ0) is 16.1. The molecule has 22 heavy (non-hydrogen) atoms. The van der Waals surface area contributed by atoms with Crippen molar-refractivity contribution in [3.63, 3.8) is 0 Å². The maximum absolute atomic E-state index is 12.2. The number of carbonyl (C=O) groups excluding carboxylic acids is 1. The van der Waals surface area contributed by atoms with Crippen LogP contribution in [0.1, 0.15) is 28.9 Å². The van der Waals surface area contributed by atoms with Crippen LogP contribution in [-0.4, -0.2) is 20.1 Å². The van der Waals surface area contributed by atoms with Crippen molar-refractivity contribution in [3.8, 4) is 11.5 Å². The zero-order valence-corrected chi connectivity index (χ0v) is 14.9. The van der Waals surface area contributed by atoms with Gasteiger partial charge in [0.15, 0.2) is 11.5 Å². The summed E-state index contributed by atoms with van der Waals surface area (Å²) in [7, 11) is 3.19. The highest BCUT2D eigenvalue weighted by Gasteiger charge is 2.13. The minimum absolute atomic E-state index is 0.0984. The van der Waals surface area contributed by atoms with E-state index in [1.807, 2.05) is 49.4 Å². The SMILES string of the molecule is COc1ccc([C@@H](C)NC(=O)c2ccc(I)cc2)cc1OC. The molecule has 1 amide bonds. The second-order valence-corrected chi connectivity index (χ2v) is 6.06. The van der Waals surface area contributed by atoms with E-state index in [1.54, 1.807) is 14.2 Å². The highest BCUT2D eigenvalue weighted by Crippen LogP contribution is 2.29. The summed E-state index contributed by atoms with van der Waals surface area (Å²) >= 11 is 2.21. The first-order valence-electron chi connectivity index (χ1n) is 6.83. The molecular formula is C17H18INO3. The zero-order valence-electron chi connectivity index (χ0n) is 12.7. The number of hydrogen-bond donors (Lipinski definition) is 1. The summed E-state index contributed by atoms with van der Waals surface area (Å²) in [6, 6.07) is 13.0. The molecule has 0 fully saturated rings. The van der Waals surface area contributed by atoms with Crippen LogP contribution >= 0.6 is 22.6 Å². The summed E-state index contributed by atoms with van der Waals surface area (Å²) in [6.45, 7) is 1.94. The van der Waals surface area contributed by atoms with Gasteiger partial charge in [0.1, 0.15) is 0 Å². The molecule has 116 valence electrons. The molecule has 0 unspecified atom stereocenters. The molecule has 0 aliphatic rings. The number of nitrogens with one attached hydrogen (secondary N) is 1. The van der Waals surface area contributed by atoms with Crippen LogP contribution in [0.3, 0.4) is 0 Å². The van der Waals surface area contributed by atoms with E-state index in [0.717, 1.165) is 9.13 Å². The molecule has 0 heterocycles. The number of carbonyl (C=O) groups is 1. The van der Waals surface area contributed by atoms with E-state index in [0.29, 0.717) is 17.1 Å². The van der Waals surface area contributed by atoms with Gasteiger partial charge in [-0.2, -0.15) is 0 Å². The summed E-state index contributed by atoms with van der Waals surface area (Å²) in [5.41, 5.74) is 1.60. The van der Waals surface area contributed by atoms with E-state index >= 15 is 0 Å². The Morgan fingerprint density at radius 3 is 2.27 bits per heavy atom. The van der Waals surface area contributed by atoms with Crippen LogP contribution in [-0.2, 0) is 0 Å². The Morgan fingerprint density at radius 1 is 1.05 bits per heavy atom. The highest BCUT2D eigenvalue weighted by molar-refractivity contribution is 14.1. The van der Waals surface area contributed by atoms with E-state index in [1.165, 1.54) is 0 Å². The molecule has 2 aromatic carbocycles. The summed E-state index contributed by atoms with van der Waals surface area (Å²) in [6.07, 6.45) is 0. The number of amides is 1. The topological polar surface area (TPSA) is 47.6 Å². The van der Waals surface area contributed by atoms with Gasteiger partial charge in [0.2, 0.25) is 0 Å².